The van der Waals surface area contributed by atoms with E-state index >= 15 is 0 Å². The summed E-state index contributed by atoms with van der Waals surface area (Å²) < 4.78 is 0. The molecule has 2 nitrogen and oxygen atoms in total. The summed E-state index contributed by atoms with van der Waals surface area (Å²) in [7, 11) is 0. The highest BCUT2D eigenvalue weighted by molar-refractivity contribution is 7.99. The normalized spacial score (nSPS) is 15.2. The number of anilines is 1. The fourth-order valence-electron chi connectivity index (χ4n) is 1.36. The summed E-state index contributed by atoms with van der Waals surface area (Å²) in [5.41, 5.74) is 2.17. The fraction of sp³-hybridized carbons (Fsp3) is 0.364. The quantitative estimate of drug-likeness (QED) is 0.763. The zero-order chi connectivity index (χ0) is 10.1. The van der Waals surface area contributed by atoms with Crippen molar-refractivity contribution in [3.8, 4) is 0 Å². The third kappa shape index (κ3) is 1.77. The lowest BCUT2D eigenvalue weighted by molar-refractivity contribution is 0.819. The van der Waals surface area contributed by atoms with Gasteiger partial charge in [0.15, 0.2) is 0 Å². The molecule has 0 saturated carbocycles. The van der Waals surface area contributed by atoms with Gasteiger partial charge in [-0.3, -0.25) is 0 Å². The van der Waals surface area contributed by atoms with Crippen LogP contribution in [-0.4, -0.2) is 10.7 Å². The molecule has 74 valence electrons. The molecule has 0 fully saturated rings. The Balaban J connectivity index is 2.37. The van der Waals surface area contributed by atoms with E-state index in [2.05, 4.69) is 42.9 Å². The zero-order valence-corrected chi connectivity index (χ0v) is 9.32. The van der Waals surface area contributed by atoms with Gasteiger partial charge < -0.3 is 5.32 Å². The highest BCUT2D eigenvalue weighted by Gasteiger charge is 2.14. The van der Waals surface area contributed by atoms with Crippen LogP contribution in [0.4, 0.5) is 5.82 Å². The van der Waals surface area contributed by atoms with Crippen LogP contribution in [0.3, 0.4) is 0 Å². The number of nitrogens with one attached hydrogen (secondary N) is 1. The first-order valence-electron chi connectivity index (χ1n) is 4.75. The van der Waals surface area contributed by atoms with Gasteiger partial charge in [0.2, 0.25) is 0 Å². The second-order valence-corrected chi connectivity index (χ2v) is 4.77. The number of aromatic nitrogens is 1. The molecule has 2 heterocycles. The molecule has 3 heteroatoms. The maximum absolute atomic E-state index is 4.57. The van der Waals surface area contributed by atoms with Crippen molar-refractivity contribution in [2.75, 3.05) is 11.1 Å². The molecule has 0 amide bonds. The third-order valence-electron chi connectivity index (χ3n) is 2.17. The molecule has 1 aromatic heterocycles. The Labute approximate surface area is 88.8 Å². The molecule has 0 unspecified atom stereocenters. The summed E-state index contributed by atoms with van der Waals surface area (Å²) in [6.07, 6.45) is 0. The van der Waals surface area contributed by atoms with Gasteiger partial charge in [-0.2, -0.15) is 0 Å². The van der Waals surface area contributed by atoms with E-state index in [-0.39, 0.29) is 0 Å². The maximum Gasteiger partial charge on any atom is 0.144 e. The molecule has 0 aromatic carbocycles. The van der Waals surface area contributed by atoms with Crippen LogP contribution >= 0.6 is 11.8 Å². The first-order chi connectivity index (χ1) is 6.66. The molecule has 0 spiro atoms. The Bertz CT molecular complexity index is 372. The molecule has 2 rings (SSSR count). The van der Waals surface area contributed by atoms with Gasteiger partial charge in [-0.1, -0.05) is 20.4 Å². The van der Waals surface area contributed by atoms with Crippen molar-refractivity contribution in [3.63, 3.8) is 0 Å². The van der Waals surface area contributed by atoms with Gasteiger partial charge in [-0.05, 0) is 18.1 Å². The minimum absolute atomic E-state index is 0.474. The molecule has 1 N–H and O–H groups in total. The van der Waals surface area contributed by atoms with Crippen LogP contribution in [0.25, 0.3) is 0 Å². The van der Waals surface area contributed by atoms with Crippen LogP contribution in [0.1, 0.15) is 25.5 Å². The number of hydrogen-bond acceptors (Lipinski definition) is 3. The van der Waals surface area contributed by atoms with Crippen molar-refractivity contribution < 1.29 is 0 Å². The molecular weight excluding hydrogens is 192 g/mol. The minimum atomic E-state index is 0.474. The van der Waals surface area contributed by atoms with Gasteiger partial charge in [0.1, 0.15) is 5.82 Å². The predicted molar refractivity (Wildman–Crippen MR) is 61.8 cm³/mol. The van der Waals surface area contributed by atoms with Crippen molar-refractivity contribution >= 4 is 17.6 Å². The molecule has 0 radical (unpaired) electrons. The topological polar surface area (TPSA) is 24.9 Å². The molecule has 1 aromatic rings. The van der Waals surface area contributed by atoms with E-state index in [1.807, 2.05) is 0 Å². The van der Waals surface area contributed by atoms with E-state index in [0.29, 0.717) is 5.92 Å². The van der Waals surface area contributed by atoms with Crippen LogP contribution in [0, 0.1) is 0 Å². The molecule has 0 aliphatic carbocycles. The van der Waals surface area contributed by atoms with E-state index in [1.54, 1.807) is 11.8 Å². The molecule has 1 aliphatic heterocycles. The summed E-state index contributed by atoms with van der Waals surface area (Å²) in [6.45, 7) is 8.22. The van der Waals surface area contributed by atoms with Crippen molar-refractivity contribution in [1.82, 2.24) is 4.98 Å². The Morgan fingerprint density at radius 1 is 1.50 bits per heavy atom. The number of fused-ring (bicyclic) bond motifs is 1. The van der Waals surface area contributed by atoms with Gasteiger partial charge in [0.05, 0.1) is 4.90 Å². The van der Waals surface area contributed by atoms with Crippen LogP contribution in [0.5, 0.6) is 0 Å². The van der Waals surface area contributed by atoms with Crippen molar-refractivity contribution in [3.05, 3.63) is 30.1 Å². The molecule has 0 bridgehead atoms. The molecule has 0 saturated heterocycles. The Morgan fingerprint density at radius 3 is 3.00 bits per heavy atom. The Hall–Kier alpha value is -0.960. The zero-order valence-electron chi connectivity index (χ0n) is 8.50. The van der Waals surface area contributed by atoms with Crippen molar-refractivity contribution in [2.45, 2.75) is 24.7 Å². The lowest BCUT2D eigenvalue weighted by Gasteiger charge is -2.19. The van der Waals surface area contributed by atoms with Gasteiger partial charge >= 0.3 is 0 Å². The number of pyridine rings is 1. The van der Waals surface area contributed by atoms with E-state index < -0.39 is 0 Å². The summed E-state index contributed by atoms with van der Waals surface area (Å²) in [5.74, 6) is 2.38. The summed E-state index contributed by atoms with van der Waals surface area (Å²) in [6, 6.07) is 4.24. The summed E-state index contributed by atoms with van der Waals surface area (Å²) in [4.78, 5) is 5.79. The van der Waals surface area contributed by atoms with Crippen LogP contribution in [0.2, 0.25) is 0 Å². The van der Waals surface area contributed by atoms with Crippen LogP contribution in [-0.2, 0) is 0 Å². The van der Waals surface area contributed by atoms with Crippen molar-refractivity contribution in [2.24, 2.45) is 0 Å². The summed E-state index contributed by atoms with van der Waals surface area (Å²) >= 11 is 1.79. The standard InChI is InChI=1S/C11H14N2S/c1-7(2)9-4-5-10-11(13-9)12-8(3)6-14-10/h4-5,7H,3,6H2,1-2H3,(H,12,13). The average molecular weight is 206 g/mol. The van der Waals surface area contributed by atoms with Gasteiger partial charge in [0.25, 0.3) is 0 Å². The van der Waals surface area contributed by atoms with E-state index in [1.165, 1.54) is 4.90 Å². The largest absolute Gasteiger partial charge is 0.343 e. The van der Waals surface area contributed by atoms with E-state index in [0.717, 1.165) is 23.0 Å². The van der Waals surface area contributed by atoms with Gasteiger partial charge in [-0.15, -0.1) is 11.8 Å². The lowest BCUT2D eigenvalue weighted by Crippen LogP contribution is -2.10. The monoisotopic (exact) mass is 206 g/mol. The maximum atomic E-state index is 4.57. The van der Waals surface area contributed by atoms with Gasteiger partial charge in [-0.25, -0.2) is 4.98 Å². The molecule has 1 aliphatic rings. The number of thioether (sulfide) groups is 1. The van der Waals surface area contributed by atoms with Crippen molar-refractivity contribution in [1.29, 1.82) is 0 Å². The first-order valence-corrected chi connectivity index (χ1v) is 5.74. The SMILES string of the molecule is C=C1CSc2ccc(C(C)C)nc2N1. The molecule has 14 heavy (non-hydrogen) atoms. The predicted octanol–water partition coefficient (Wildman–Crippen LogP) is 3.24. The van der Waals surface area contributed by atoms with Crippen LogP contribution in [0.15, 0.2) is 29.3 Å². The molecular formula is C11H14N2S. The lowest BCUT2D eigenvalue weighted by atomic mass is 10.1. The van der Waals surface area contributed by atoms with E-state index in [4.69, 9.17) is 0 Å². The number of nitrogens with zero attached hydrogens (tertiary/aromatic N) is 1. The first kappa shape index (κ1) is 9.59. The second-order valence-electron chi connectivity index (χ2n) is 3.75. The molecule has 0 atom stereocenters. The van der Waals surface area contributed by atoms with Gasteiger partial charge in [0, 0.05) is 17.1 Å². The fourth-order valence-corrected chi connectivity index (χ4v) is 2.16. The minimum Gasteiger partial charge on any atom is -0.343 e. The highest BCUT2D eigenvalue weighted by atomic mass is 32.2. The smallest absolute Gasteiger partial charge is 0.144 e. The Morgan fingerprint density at radius 2 is 2.29 bits per heavy atom. The van der Waals surface area contributed by atoms with Crippen LogP contribution < -0.4 is 5.32 Å². The third-order valence-corrected chi connectivity index (χ3v) is 3.30. The highest BCUT2D eigenvalue weighted by Crippen LogP contribution is 2.33. The van der Waals surface area contributed by atoms with E-state index in [9.17, 15) is 0 Å². The number of rotatable bonds is 1. The summed E-state index contributed by atoms with van der Waals surface area (Å²) in [5, 5.41) is 3.23. The average Bonchev–Trinajstić information content (AvgIpc) is 2.16. The second kappa shape index (κ2) is 3.65. The number of hydrogen-bond donors (Lipinski definition) is 1. The Kier molecular flexibility index (Phi) is 2.50.